The van der Waals surface area contributed by atoms with Gasteiger partial charge in [-0.1, -0.05) is 23.5 Å². The summed E-state index contributed by atoms with van der Waals surface area (Å²) in [5.74, 6) is -0.138. The predicted octanol–water partition coefficient (Wildman–Crippen LogP) is 4.05. The Bertz CT molecular complexity index is 1010. The van der Waals surface area contributed by atoms with E-state index in [0.29, 0.717) is 31.2 Å². The van der Waals surface area contributed by atoms with E-state index in [2.05, 4.69) is 20.5 Å². The van der Waals surface area contributed by atoms with Crippen molar-refractivity contribution < 1.29 is 13.9 Å². The van der Waals surface area contributed by atoms with Gasteiger partial charge >= 0.3 is 0 Å². The van der Waals surface area contributed by atoms with E-state index in [9.17, 15) is 9.18 Å². The lowest BCUT2D eigenvalue weighted by Crippen LogP contribution is -2.42. The number of hydrogen-bond donors (Lipinski definition) is 1. The van der Waals surface area contributed by atoms with Gasteiger partial charge in [0.25, 0.3) is 0 Å². The summed E-state index contributed by atoms with van der Waals surface area (Å²) >= 11 is 1.42. The van der Waals surface area contributed by atoms with Crippen LogP contribution in [-0.4, -0.2) is 45.7 Å². The van der Waals surface area contributed by atoms with Crippen molar-refractivity contribution in [2.45, 2.75) is 32.3 Å². The van der Waals surface area contributed by atoms with Gasteiger partial charge in [0.15, 0.2) is 0 Å². The predicted molar refractivity (Wildman–Crippen MR) is 117 cm³/mol. The first-order valence-electron chi connectivity index (χ1n) is 10.2. The van der Waals surface area contributed by atoms with Crippen LogP contribution in [0.2, 0.25) is 0 Å². The number of ether oxygens (including phenoxy) is 1. The third kappa shape index (κ3) is 5.83. The van der Waals surface area contributed by atoms with Gasteiger partial charge in [-0.25, -0.2) is 4.39 Å². The fourth-order valence-corrected chi connectivity index (χ4v) is 4.06. The quantitative estimate of drug-likeness (QED) is 0.596. The fourth-order valence-electron chi connectivity index (χ4n) is 3.59. The minimum absolute atomic E-state index is 0.107. The number of amides is 1. The van der Waals surface area contributed by atoms with E-state index in [-0.39, 0.29) is 17.8 Å². The molecule has 0 unspecified atom stereocenters. The lowest BCUT2D eigenvalue weighted by molar-refractivity contribution is -0.139. The highest BCUT2D eigenvalue weighted by atomic mass is 32.1. The summed E-state index contributed by atoms with van der Waals surface area (Å²) in [6.45, 7) is 3.46. The van der Waals surface area contributed by atoms with E-state index < -0.39 is 0 Å². The molecule has 9 heteroatoms. The summed E-state index contributed by atoms with van der Waals surface area (Å²) in [6.07, 6.45) is 1.66. The summed E-state index contributed by atoms with van der Waals surface area (Å²) in [5.41, 5.74) is 5.21. The normalized spacial score (nSPS) is 16.3. The van der Waals surface area contributed by atoms with Gasteiger partial charge in [-0.15, -0.1) is 10.2 Å². The van der Waals surface area contributed by atoms with Crippen LogP contribution in [0.4, 0.5) is 15.2 Å². The van der Waals surface area contributed by atoms with Gasteiger partial charge in [0.2, 0.25) is 11.0 Å². The second-order valence-electron chi connectivity index (χ2n) is 7.47. The molecule has 0 aliphatic carbocycles. The number of aromatic nitrogens is 3. The van der Waals surface area contributed by atoms with Gasteiger partial charge in [0, 0.05) is 24.3 Å². The van der Waals surface area contributed by atoms with Crippen LogP contribution in [0.15, 0.2) is 41.9 Å². The van der Waals surface area contributed by atoms with Gasteiger partial charge in [-0.3, -0.25) is 9.78 Å². The average Bonchev–Trinajstić information content (AvgIpc) is 3.28. The molecule has 1 amide bonds. The van der Waals surface area contributed by atoms with Gasteiger partial charge in [-0.2, -0.15) is 0 Å². The van der Waals surface area contributed by atoms with E-state index in [0.717, 1.165) is 35.5 Å². The molecule has 31 heavy (non-hydrogen) atoms. The highest BCUT2D eigenvalue weighted by molar-refractivity contribution is 7.13. The first kappa shape index (κ1) is 21.3. The van der Waals surface area contributed by atoms with Crippen LogP contribution in [0.3, 0.4) is 0 Å². The SMILES string of the molecule is Cc1cc(Nc2nncs2)cc([C@H]2CN(C(=O)CCCc3ccc(F)cc3)CCO2)n1. The maximum Gasteiger partial charge on any atom is 0.222 e. The maximum atomic E-state index is 13.0. The number of aryl methyl sites for hydroxylation is 2. The second kappa shape index (κ2) is 9.93. The molecular weight excluding hydrogens is 417 g/mol. The Morgan fingerprint density at radius 2 is 2.16 bits per heavy atom. The number of carbonyl (C=O) groups is 1. The largest absolute Gasteiger partial charge is 0.368 e. The van der Waals surface area contributed by atoms with Crippen molar-refractivity contribution in [1.82, 2.24) is 20.1 Å². The van der Waals surface area contributed by atoms with Crippen LogP contribution >= 0.6 is 11.3 Å². The van der Waals surface area contributed by atoms with E-state index in [1.165, 1.54) is 23.5 Å². The van der Waals surface area contributed by atoms with E-state index >= 15 is 0 Å². The molecule has 4 rings (SSSR count). The summed E-state index contributed by atoms with van der Waals surface area (Å²) in [4.78, 5) is 19.2. The summed E-state index contributed by atoms with van der Waals surface area (Å²) in [5, 5.41) is 11.8. The van der Waals surface area contributed by atoms with Crippen LogP contribution in [0.25, 0.3) is 0 Å². The molecule has 1 atom stereocenters. The molecule has 0 bridgehead atoms. The number of hydrogen-bond acceptors (Lipinski definition) is 7. The zero-order valence-corrected chi connectivity index (χ0v) is 18.1. The minimum Gasteiger partial charge on any atom is -0.368 e. The summed E-state index contributed by atoms with van der Waals surface area (Å²) in [7, 11) is 0. The zero-order chi connectivity index (χ0) is 21.6. The molecule has 0 spiro atoms. The zero-order valence-electron chi connectivity index (χ0n) is 17.3. The monoisotopic (exact) mass is 441 g/mol. The number of anilines is 2. The van der Waals surface area contributed by atoms with Gasteiger partial charge in [-0.05, 0) is 49.6 Å². The smallest absolute Gasteiger partial charge is 0.222 e. The van der Waals surface area contributed by atoms with Crippen LogP contribution in [0.5, 0.6) is 0 Å². The molecule has 2 aromatic heterocycles. The molecule has 1 aromatic carbocycles. The van der Waals surface area contributed by atoms with Crippen molar-refractivity contribution in [3.05, 3.63) is 64.7 Å². The number of nitrogens with one attached hydrogen (secondary N) is 1. The number of pyridine rings is 1. The molecule has 7 nitrogen and oxygen atoms in total. The number of morpholine rings is 1. The van der Waals surface area contributed by atoms with E-state index in [4.69, 9.17) is 4.74 Å². The lowest BCUT2D eigenvalue weighted by atomic mass is 10.1. The molecule has 3 heterocycles. The third-order valence-corrected chi connectivity index (χ3v) is 5.71. The Hall–Kier alpha value is -2.91. The second-order valence-corrected chi connectivity index (χ2v) is 8.30. The highest BCUT2D eigenvalue weighted by Gasteiger charge is 2.26. The molecule has 1 saturated heterocycles. The average molecular weight is 442 g/mol. The van der Waals surface area contributed by atoms with Crippen molar-refractivity contribution in [3.8, 4) is 0 Å². The highest BCUT2D eigenvalue weighted by Crippen LogP contribution is 2.26. The van der Waals surface area contributed by atoms with Crippen molar-refractivity contribution >= 4 is 28.1 Å². The molecule has 1 N–H and O–H groups in total. The molecule has 1 aliphatic heterocycles. The lowest BCUT2D eigenvalue weighted by Gasteiger charge is -2.33. The summed E-state index contributed by atoms with van der Waals surface area (Å²) in [6, 6.07) is 10.3. The van der Waals surface area contributed by atoms with Gasteiger partial charge in [0.1, 0.15) is 17.4 Å². The molecule has 1 fully saturated rings. The van der Waals surface area contributed by atoms with E-state index in [1.807, 2.05) is 24.0 Å². The fraction of sp³-hybridized carbons (Fsp3) is 0.364. The molecule has 0 saturated carbocycles. The topological polar surface area (TPSA) is 80.2 Å². The summed E-state index contributed by atoms with van der Waals surface area (Å²) < 4.78 is 18.9. The Labute approximate surface area is 184 Å². The molecule has 0 radical (unpaired) electrons. The minimum atomic E-state index is -0.273. The number of carbonyl (C=O) groups excluding carboxylic acids is 1. The maximum absolute atomic E-state index is 13.0. The number of nitrogens with zero attached hydrogens (tertiary/aromatic N) is 4. The Balaban J connectivity index is 1.35. The third-order valence-electron chi connectivity index (χ3n) is 5.10. The van der Waals surface area contributed by atoms with Crippen molar-refractivity contribution in [2.24, 2.45) is 0 Å². The van der Waals surface area contributed by atoms with Crippen molar-refractivity contribution in [3.63, 3.8) is 0 Å². The molecule has 162 valence electrons. The Kier molecular flexibility index (Phi) is 6.83. The standard InChI is InChI=1S/C22H24FN5O2S/c1-15-11-18(26-22-27-24-14-31-22)12-19(25-15)20-13-28(9-10-30-20)21(29)4-2-3-16-5-7-17(23)8-6-16/h5-8,11-12,14,20H,2-4,9-10,13H2,1H3,(H,25,26,27)/t20-/m1/s1. The first-order chi connectivity index (χ1) is 15.1. The van der Waals surface area contributed by atoms with Crippen LogP contribution < -0.4 is 5.32 Å². The van der Waals surface area contributed by atoms with Crippen LogP contribution in [-0.2, 0) is 16.0 Å². The van der Waals surface area contributed by atoms with Crippen LogP contribution in [0.1, 0.15) is 35.9 Å². The van der Waals surface area contributed by atoms with Gasteiger partial charge in [0.05, 0.1) is 18.8 Å². The molecule has 3 aromatic rings. The van der Waals surface area contributed by atoms with Crippen LogP contribution in [0, 0.1) is 12.7 Å². The Morgan fingerprint density at radius 3 is 2.94 bits per heavy atom. The first-order valence-corrected chi connectivity index (χ1v) is 11.1. The van der Waals surface area contributed by atoms with Crippen molar-refractivity contribution in [1.29, 1.82) is 0 Å². The van der Waals surface area contributed by atoms with Crippen molar-refractivity contribution in [2.75, 3.05) is 25.0 Å². The van der Waals surface area contributed by atoms with Gasteiger partial charge < -0.3 is 15.0 Å². The number of benzene rings is 1. The van der Waals surface area contributed by atoms with E-state index in [1.54, 1.807) is 17.6 Å². The Morgan fingerprint density at radius 1 is 1.32 bits per heavy atom. The molecular formula is C22H24FN5O2S. The number of rotatable bonds is 7. The molecule has 1 aliphatic rings. The number of halogens is 1.